The maximum Gasteiger partial charge on any atom is 0.449 e. The number of rotatable bonds is 4. The quantitative estimate of drug-likeness (QED) is 0.871. The number of hydrogen-bond donors (Lipinski definition) is 2. The van der Waals surface area contributed by atoms with Crippen LogP contribution in [0.15, 0.2) is 16.5 Å². The first-order valence-corrected chi connectivity index (χ1v) is 4.96. The minimum atomic E-state index is -4.69. The summed E-state index contributed by atoms with van der Waals surface area (Å²) in [5.74, 6) is -4.16. The molecule has 0 spiro atoms. The Balaban J connectivity index is 2.79. The van der Waals surface area contributed by atoms with Gasteiger partial charge in [-0.25, -0.2) is 4.79 Å². The second-order valence-corrected chi connectivity index (χ2v) is 3.43. The van der Waals surface area contributed by atoms with Gasteiger partial charge in [-0.3, -0.25) is 4.79 Å². The van der Waals surface area contributed by atoms with Gasteiger partial charge in [0.15, 0.2) is 5.76 Å². The molecule has 0 fully saturated rings. The molecule has 0 aliphatic carbocycles. The molecule has 2 N–H and O–H groups in total. The Hall–Kier alpha value is -1.99. The Morgan fingerprint density at radius 1 is 1.44 bits per heavy atom. The van der Waals surface area contributed by atoms with Crippen molar-refractivity contribution in [3.63, 3.8) is 0 Å². The molecule has 1 rings (SSSR count). The van der Waals surface area contributed by atoms with Crippen molar-refractivity contribution in [2.24, 2.45) is 0 Å². The Bertz CT molecular complexity index is 452. The predicted molar refractivity (Wildman–Crippen MR) is 52.9 cm³/mol. The molecule has 0 aliphatic heterocycles. The number of amides is 1. The van der Waals surface area contributed by atoms with Crippen LogP contribution in [0.5, 0.6) is 0 Å². The van der Waals surface area contributed by atoms with Gasteiger partial charge >= 0.3 is 12.1 Å². The number of alkyl halides is 3. The molecule has 0 saturated heterocycles. The highest BCUT2D eigenvalue weighted by molar-refractivity contribution is 5.94. The van der Waals surface area contributed by atoms with Crippen molar-refractivity contribution >= 4 is 11.9 Å². The number of carbonyl (C=O) groups excluding carboxylic acids is 1. The highest BCUT2D eigenvalue weighted by atomic mass is 19.4. The van der Waals surface area contributed by atoms with Gasteiger partial charge in [-0.05, 0) is 18.6 Å². The van der Waals surface area contributed by atoms with Crippen molar-refractivity contribution in [3.05, 3.63) is 23.7 Å². The van der Waals surface area contributed by atoms with Crippen LogP contribution < -0.4 is 5.32 Å². The molecule has 0 aliphatic rings. The van der Waals surface area contributed by atoms with Gasteiger partial charge in [0, 0.05) is 0 Å². The van der Waals surface area contributed by atoms with E-state index in [0.29, 0.717) is 6.07 Å². The van der Waals surface area contributed by atoms with Crippen LogP contribution in [0.4, 0.5) is 13.2 Å². The van der Waals surface area contributed by atoms with Gasteiger partial charge < -0.3 is 14.8 Å². The maximum atomic E-state index is 12.2. The first-order valence-electron chi connectivity index (χ1n) is 4.96. The molecule has 0 aromatic carbocycles. The largest absolute Gasteiger partial charge is 0.480 e. The topological polar surface area (TPSA) is 79.5 Å². The molecule has 1 amide bonds. The molecule has 0 bridgehead atoms. The van der Waals surface area contributed by atoms with E-state index < -0.39 is 35.6 Å². The third-order valence-electron chi connectivity index (χ3n) is 2.12. The normalized spacial score (nSPS) is 13.1. The molecule has 1 aromatic heterocycles. The summed E-state index contributed by atoms with van der Waals surface area (Å²) in [4.78, 5) is 22.1. The second kappa shape index (κ2) is 5.11. The molecular formula is C10H10F3NO4. The van der Waals surface area contributed by atoms with Crippen molar-refractivity contribution in [1.29, 1.82) is 0 Å². The smallest absolute Gasteiger partial charge is 0.449 e. The molecular weight excluding hydrogens is 255 g/mol. The van der Waals surface area contributed by atoms with Crippen molar-refractivity contribution in [1.82, 2.24) is 5.32 Å². The number of hydrogen-bond acceptors (Lipinski definition) is 3. The number of furan rings is 1. The number of carbonyl (C=O) groups is 2. The van der Waals surface area contributed by atoms with Gasteiger partial charge in [0.05, 0.1) is 0 Å². The lowest BCUT2D eigenvalue weighted by Crippen LogP contribution is -2.40. The van der Waals surface area contributed by atoms with Crippen molar-refractivity contribution in [3.8, 4) is 0 Å². The van der Waals surface area contributed by atoms with Gasteiger partial charge in [-0.2, -0.15) is 13.2 Å². The Morgan fingerprint density at radius 2 is 2.06 bits per heavy atom. The summed E-state index contributed by atoms with van der Waals surface area (Å²) in [5.41, 5.74) is 0. The zero-order valence-electron chi connectivity index (χ0n) is 9.25. The lowest BCUT2D eigenvalue weighted by atomic mass is 10.2. The summed E-state index contributed by atoms with van der Waals surface area (Å²) in [6, 6.07) is 0.278. The fourth-order valence-electron chi connectivity index (χ4n) is 1.18. The van der Waals surface area contributed by atoms with E-state index in [-0.39, 0.29) is 6.42 Å². The van der Waals surface area contributed by atoms with E-state index in [0.717, 1.165) is 6.07 Å². The number of carboxylic acid groups (broad SMARTS) is 1. The minimum absolute atomic E-state index is 0.105. The number of carboxylic acids is 1. The summed E-state index contributed by atoms with van der Waals surface area (Å²) in [6.45, 7) is 1.52. The Kier molecular flexibility index (Phi) is 4.00. The third-order valence-corrected chi connectivity index (χ3v) is 2.12. The maximum absolute atomic E-state index is 12.2. The van der Waals surface area contributed by atoms with E-state index in [1.54, 1.807) is 0 Å². The van der Waals surface area contributed by atoms with Crippen LogP contribution in [0.1, 0.15) is 29.7 Å². The van der Waals surface area contributed by atoms with Crippen LogP contribution in [-0.4, -0.2) is 23.0 Å². The summed E-state index contributed by atoms with van der Waals surface area (Å²) in [7, 11) is 0. The standard InChI is InChI=1S/C10H10F3NO4/c1-2-5(9(16)17)14-8(15)6-3-4-7(18-6)10(11,12)13/h3-5H,2H2,1H3,(H,14,15)(H,16,17). The molecule has 18 heavy (non-hydrogen) atoms. The van der Waals surface area contributed by atoms with Gasteiger partial charge in [0.2, 0.25) is 5.76 Å². The van der Waals surface area contributed by atoms with Crippen LogP contribution in [-0.2, 0) is 11.0 Å². The fraction of sp³-hybridized carbons (Fsp3) is 0.400. The van der Waals surface area contributed by atoms with E-state index >= 15 is 0 Å². The summed E-state index contributed by atoms with van der Waals surface area (Å²) >= 11 is 0. The molecule has 8 heteroatoms. The van der Waals surface area contributed by atoms with Crippen LogP contribution in [0.3, 0.4) is 0 Å². The van der Waals surface area contributed by atoms with Crippen LogP contribution in [0, 0.1) is 0 Å². The SMILES string of the molecule is CCC(NC(=O)c1ccc(C(F)(F)F)o1)C(=O)O. The average Bonchev–Trinajstić information content (AvgIpc) is 2.73. The molecule has 1 unspecified atom stereocenters. The number of halogens is 3. The van der Waals surface area contributed by atoms with E-state index in [9.17, 15) is 22.8 Å². The fourth-order valence-corrected chi connectivity index (χ4v) is 1.18. The number of nitrogens with one attached hydrogen (secondary N) is 1. The van der Waals surface area contributed by atoms with E-state index in [1.807, 2.05) is 5.32 Å². The zero-order chi connectivity index (χ0) is 13.9. The van der Waals surface area contributed by atoms with Crippen LogP contribution >= 0.6 is 0 Å². The van der Waals surface area contributed by atoms with Gasteiger partial charge in [-0.1, -0.05) is 6.92 Å². The van der Waals surface area contributed by atoms with E-state index in [4.69, 9.17) is 5.11 Å². The van der Waals surface area contributed by atoms with Gasteiger partial charge in [0.25, 0.3) is 5.91 Å². The molecule has 1 heterocycles. The summed E-state index contributed by atoms with van der Waals surface area (Å²) in [6.07, 6.45) is -4.58. The Morgan fingerprint density at radius 3 is 2.44 bits per heavy atom. The molecule has 1 atom stereocenters. The number of aliphatic carboxylic acids is 1. The molecule has 5 nitrogen and oxygen atoms in total. The minimum Gasteiger partial charge on any atom is -0.480 e. The van der Waals surface area contributed by atoms with Gasteiger partial charge in [0.1, 0.15) is 6.04 Å². The van der Waals surface area contributed by atoms with Crippen LogP contribution in [0.2, 0.25) is 0 Å². The van der Waals surface area contributed by atoms with Crippen molar-refractivity contribution < 1.29 is 32.3 Å². The first kappa shape index (κ1) is 14.1. The summed E-state index contributed by atoms with van der Waals surface area (Å²) in [5, 5.41) is 10.7. The van der Waals surface area contributed by atoms with E-state index in [1.165, 1.54) is 6.92 Å². The Labute approximate surface area is 99.6 Å². The third kappa shape index (κ3) is 3.25. The zero-order valence-corrected chi connectivity index (χ0v) is 9.25. The first-order chi connectivity index (χ1) is 8.25. The predicted octanol–water partition coefficient (Wildman–Crippen LogP) is 1.89. The average molecular weight is 265 g/mol. The monoisotopic (exact) mass is 265 g/mol. The van der Waals surface area contributed by atoms with Gasteiger partial charge in [-0.15, -0.1) is 0 Å². The molecule has 100 valence electrons. The molecule has 0 radical (unpaired) electrons. The summed E-state index contributed by atoms with van der Waals surface area (Å²) < 4.78 is 40.9. The lowest BCUT2D eigenvalue weighted by Gasteiger charge is -2.10. The molecule has 0 saturated carbocycles. The van der Waals surface area contributed by atoms with Crippen LogP contribution in [0.25, 0.3) is 0 Å². The second-order valence-electron chi connectivity index (χ2n) is 3.43. The van der Waals surface area contributed by atoms with E-state index in [2.05, 4.69) is 4.42 Å². The highest BCUT2D eigenvalue weighted by Crippen LogP contribution is 2.30. The lowest BCUT2D eigenvalue weighted by molar-refractivity contribution is -0.153. The molecule has 1 aromatic rings. The van der Waals surface area contributed by atoms with Crippen molar-refractivity contribution in [2.75, 3.05) is 0 Å². The van der Waals surface area contributed by atoms with Crippen molar-refractivity contribution in [2.45, 2.75) is 25.6 Å². The highest BCUT2D eigenvalue weighted by Gasteiger charge is 2.35.